The van der Waals surface area contributed by atoms with Crippen LogP contribution < -0.4 is 5.73 Å². The van der Waals surface area contributed by atoms with E-state index in [9.17, 15) is 9.00 Å². The molecule has 0 aliphatic heterocycles. The third-order valence-corrected chi connectivity index (χ3v) is 1.67. The Hall–Kier alpha value is -1.36. The Bertz CT molecular complexity index is 365. The summed E-state index contributed by atoms with van der Waals surface area (Å²) in [5.74, 6) is -0.597. The van der Waals surface area contributed by atoms with Crippen molar-refractivity contribution < 1.29 is 9.00 Å². The summed E-state index contributed by atoms with van der Waals surface area (Å²) in [6.45, 7) is 0. The standard InChI is InChI=1S/C6H6N2O2S/c7-5(9)4-2-1-3-8-6(4)11-10/h1-3,8H,(H2,7,9). The molecule has 0 atom stereocenters. The minimum atomic E-state index is -0.597. The Balaban J connectivity index is 3.48. The number of nitrogens with two attached hydrogens (primary N) is 1. The van der Waals surface area contributed by atoms with Crippen molar-refractivity contribution in [2.75, 3.05) is 0 Å². The lowest BCUT2D eigenvalue weighted by molar-refractivity contribution is 0.0999. The number of aromatic nitrogens is 1. The monoisotopic (exact) mass is 170 g/mol. The highest BCUT2D eigenvalue weighted by Gasteiger charge is 2.00. The van der Waals surface area contributed by atoms with Gasteiger partial charge in [-0.1, -0.05) is 0 Å². The Labute approximate surface area is 66.1 Å². The van der Waals surface area contributed by atoms with Crippen LogP contribution in [0.2, 0.25) is 0 Å². The Morgan fingerprint density at radius 2 is 2.36 bits per heavy atom. The number of H-pyrrole nitrogens is 1. The van der Waals surface area contributed by atoms with Crippen LogP contribution in [0.5, 0.6) is 0 Å². The molecule has 1 heterocycles. The molecule has 0 radical (unpaired) electrons. The summed E-state index contributed by atoms with van der Waals surface area (Å²) in [5.41, 5.74) is 5.21. The van der Waals surface area contributed by atoms with Crippen LogP contribution in [0.15, 0.2) is 18.3 Å². The number of hydrogen-bond donors (Lipinski definition) is 2. The minimum Gasteiger partial charge on any atom is -0.366 e. The minimum absolute atomic E-state index is 0.217. The highest BCUT2D eigenvalue weighted by molar-refractivity contribution is 7.56. The number of primary amides is 1. The van der Waals surface area contributed by atoms with Gasteiger partial charge in [0.1, 0.15) is 15.9 Å². The van der Waals surface area contributed by atoms with Gasteiger partial charge >= 0.3 is 0 Å². The number of carbonyl (C=O) groups excluding carboxylic acids is 1. The van der Waals surface area contributed by atoms with Crippen molar-refractivity contribution in [2.45, 2.75) is 0 Å². The van der Waals surface area contributed by atoms with Gasteiger partial charge in [0.15, 0.2) is 0 Å². The SMILES string of the molecule is NC(=O)c1ccc[nH]c1=S=O. The van der Waals surface area contributed by atoms with Crippen molar-refractivity contribution in [3.8, 4) is 0 Å². The summed E-state index contributed by atoms with van der Waals surface area (Å²) in [5, 5.41) is 0. The zero-order valence-electron chi connectivity index (χ0n) is 5.53. The van der Waals surface area contributed by atoms with Crippen molar-refractivity contribution in [2.24, 2.45) is 5.73 Å². The van der Waals surface area contributed by atoms with Crippen LogP contribution in [0.4, 0.5) is 0 Å². The molecular formula is C6H6N2O2S. The molecule has 11 heavy (non-hydrogen) atoms. The molecule has 0 aliphatic carbocycles. The van der Waals surface area contributed by atoms with Crippen LogP contribution in [0.3, 0.4) is 0 Å². The van der Waals surface area contributed by atoms with E-state index in [1.165, 1.54) is 6.07 Å². The van der Waals surface area contributed by atoms with E-state index in [0.717, 1.165) is 0 Å². The van der Waals surface area contributed by atoms with Gasteiger partial charge in [0.05, 0.1) is 5.56 Å². The molecule has 0 bridgehead atoms. The first-order chi connectivity index (χ1) is 5.25. The summed E-state index contributed by atoms with van der Waals surface area (Å²) < 4.78 is 10.6. The molecule has 4 nitrogen and oxygen atoms in total. The molecule has 0 saturated carbocycles. The zero-order chi connectivity index (χ0) is 8.27. The maximum absolute atomic E-state index is 10.6. The smallest absolute Gasteiger partial charge is 0.251 e. The van der Waals surface area contributed by atoms with E-state index < -0.39 is 5.91 Å². The van der Waals surface area contributed by atoms with Gasteiger partial charge in [-0.3, -0.25) is 4.79 Å². The van der Waals surface area contributed by atoms with E-state index in [0.29, 0.717) is 0 Å². The van der Waals surface area contributed by atoms with Crippen LogP contribution in [0, 0.1) is 4.64 Å². The predicted octanol–water partition coefficient (Wildman–Crippen LogP) is -0.141. The third kappa shape index (κ3) is 1.56. The molecule has 58 valence electrons. The first kappa shape index (κ1) is 7.74. The predicted molar refractivity (Wildman–Crippen MR) is 40.7 cm³/mol. The topological polar surface area (TPSA) is 76.0 Å². The van der Waals surface area contributed by atoms with Crippen molar-refractivity contribution >= 4 is 17.2 Å². The van der Waals surface area contributed by atoms with Crippen molar-refractivity contribution in [1.29, 1.82) is 0 Å². The lowest BCUT2D eigenvalue weighted by atomic mass is 10.3. The molecule has 0 aromatic carbocycles. The average Bonchev–Trinajstić information content (AvgIpc) is 2.04. The van der Waals surface area contributed by atoms with E-state index in [1.54, 1.807) is 12.3 Å². The highest BCUT2D eigenvalue weighted by atomic mass is 32.1. The fourth-order valence-electron chi connectivity index (χ4n) is 0.685. The van der Waals surface area contributed by atoms with Crippen molar-refractivity contribution in [3.63, 3.8) is 0 Å². The Morgan fingerprint density at radius 1 is 1.64 bits per heavy atom. The number of aromatic amines is 1. The summed E-state index contributed by atoms with van der Waals surface area (Å²) >= 11 is 0.217. The molecule has 0 saturated heterocycles. The lowest BCUT2D eigenvalue weighted by Gasteiger charge is -1.91. The van der Waals surface area contributed by atoms with Gasteiger partial charge in [-0.15, -0.1) is 0 Å². The maximum Gasteiger partial charge on any atom is 0.251 e. The number of amides is 1. The Morgan fingerprint density at radius 3 is 2.82 bits per heavy atom. The van der Waals surface area contributed by atoms with Crippen LogP contribution in [-0.4, -0.2) is 15.1 Å². The van der Waals surface area contributed by atoms with E-state index in [1.807, 2.05) is 0 Å². The van der Waals surface area contributed by atoms with E-state index in [2.05, 4.69) is 4.98 Å². The van der Waals surface area contributed by atoms with Gasteiger partial charge < -0.3 is 10.7 Å². The number of rotatable bonds is 1. The third-order valence-electron chi connectivity index (χ3n) is 1.17. The van der Waals surface area contributed by atoms with Gasteiger partial charge in [0.25, 0.3) is 5.91 Å². The summed E-state index contributed by atoms with van der Waals surface area (Å²) in [4.78, 5) is 13.2. The van der Waals surface area contributed by atoms with Gasteiger partial charge in [-0.2, -0.15) is 0 Å². The fourth-order valence-corrected chi connectivity index (χ4v) is 1.06. The molecular weight excluding hydrogens is 164 g/mol. The molecule has 1 rings (SSSR count). The molecule has 1 aromatic heterocycles. The number of nitrogens with one attached hydrogen (secondary N) is 1. The second-order valence-corrected chi connectivity index (χ2v) is 2.44. The second-order valence-electron chi connectivity index (χ2n) is 1.86. The van der Waals surface area contributed by atoms with E-state index >= 15 is 0 Å². The summed E-state index contributed by atoms with van der Waals surface area (Å²) in [6.07, 6.45) is 1.56. The van der Waals surface area contributed by atoms with E-state index in [-0.39, 0.29) is 21.5 Å². The molecule has 5 heteroatoms. The lowest BCUT2D eigenvalue weighted by Crippen LogP contribution is -2.12. The second kappa shape index (κ2) is 3.16. The summed E-state index contributed by atoms with van der Waals surface area (Å²) in [7, 11) is 0. The zero-order valence-corrected chi connectivity index (χ0v) is 6.35. The van der Waals surface area contributed by atoms with Gasteiger partial charge in [-0.05, 0) is 12.1 Å². The average molecular weight is 170 g/mol. The first-order valence-corrected chi connectivity index (χ1v) is 3.60. The molecule has 0 aliphatic rings. The molecule has 0 unspecified atom stereocenters. The van der Waals surface area contributed by atoms with Crippen LogP contribution in [0.1, 0.15) is 10.4 Å². The van der Waals surface area contributed by atoms with Gasteiger partial charge in [-0.25, -0.2) is 4.21 Å². The van der Waals surface area contributed by atoms with Crippen molar-refractivity contribution in [3.05, 3.63) is 28.5 Å². The summed E-state index contributed by atoms with van der Waals surface area (Å²) in [6, 6.07) is 3.11. The van der Waals surface area contributed by atoms with Gasteiger partial charge in [0, 0.05) is 6.20 Å². The normalized spacial score (nSPS) is 9.09. The number of pyridine rings is 1. The largest absolute Gasteiger partial charge is 0.366 e. The first-order valence-electron chi connectivity index (χ1n) is 2.86. The van der Waals surface area contributed by atoms with E-state index in [4.69, 9.17) is 5.73 Å². The molecule has 0 spiro atoms. The quantitative estimate of drug-likeness (QED) is 0.575. The van der Waals surface area contributed by atoms with Crippen molar-refractivity contribution in [1.82, 2.24) is 4.98 Å². The molecule has 1 aromatic rings. The molecule has 3 N–H and O–H groups in total. The Kier molecular flexibility index (Phi) is 2.22. The highest BCUT2D eigenvalue weighted by Crippen LogP contribution is 1.94. The van der Waals surface area contributed by atoms with Gasteiger partial charge in [0.2, 0.25) is 0 Å². The number of carbonyl (C=O) groups is 1. The van der Waals surface area contributed by atoms with Crippen LogP contribution >= 0.6 is 0 Å². The number of hydrogen-bond acceptors (Lipinski definition) is 2. The molecule has 0 fully saturated rings. The fraction of sp³-hybridized carbons (Fsp3) is 0. The maximum atomic E-state index is 10.6. The van der Waals surface area contributed by atoms with Crippen LogP contribution in [-0.2, 0) is 11.3 Å². The van der Waals surface area contributed by atoms with Crippen LogP contribution in [0.25, 0.3) is 0 Å². The molecule has 1 amide bonds.